The van der Waals surface area contributed by atoms with E-state index in [0.29, 0.717) is 19.5 Å². The summed E-state index contributed by atoms with van der Waals surface area (Å²) in [7, 11) is 3.15. The number of hydrogen-bond donors (Lipinski definition) is 1. The third-order valence-corrected chi connectivity index (χ3v) is 3.22. The second kappa shape index (κ2) is 5.74. The van der Waals surface area contributed by atoms with Gasteiger partial charge in [-0.15, -0.1) is 0 Å². The fourth-order valence-electron chi connectivity index (χ4n) is 2.03. The number of amides is 1. The Bertz CT molecular complexity index is 534. The molecule has 21 heavy (non-hydrogen) atoms. The van der Waals surface area contributed by atoms with Crippen LogP contribution in [0.2, 0.25) is 0 Å². The number of nitrogens with zero attached hydrogens (tertiary/aromatic N) is 4. The van der Waals surface area contributed by atoms with Gasteiger partial charge in [0.25, 0.3) is 0 Å². The molecular formula is C12H16F3N5O. The highest BCUT2D eigenvalue weighted by Crippen LogP contribution is 2.29. The molecule has 0 radical (unpaired) electrons. The topological polar surface area (TPSA) is 61.4 Å². The van der Waals surface area contributed by atoms with E-state index in [4.69, 9.17) is 0 Å². The van der Waals surface area contributed by atoms with Crippen LogP contribution in [0.25, 0.3) is 0 Å². The molecule has 0 spiro atoms. The minimum atomic E-state index is -4.63. The molecule has 0 aromatic carbocycles. The largest absolute Gasteiger partial charge is 0.451 e. The van der Waals surface area contributed by atoms with Gasteiger partial charge in [-0.25, -0.2) is 9.97 Å². The van der Waals surface area contributed by atoms with Gasteiger partial charge in [-0.2, -0.15) is 13.2 Å². The number of rotatable bonds is 2. The van der Waals surface area contributed by atoms with Crippen molar-refractivity contribution in [3.63, 3.8) is 0 Å². The van der Waals surface area contributed by atoms with E-state index < -0.39 is 12.0 Å². The molecule has 116 valence electrons. The molecule has 0 unspecified atom stereocenters. The van der Waals surface area contributed by atoms with Crippen molar-refractivity contribution in [1.82, 2.24) is 14.9 Å². The van der Waals surface area contributed by atoms with Gasteiger partial charge >= 0.3 is 6.18 Å². The molecule has 1 aromatic rings. The van der Waals surface area contributed by atoms with E-state index in [1.807, 2.05) is 0 Å². The predicted octanol–water partition coefficient (Wildman–Crippen LogP) is 1.21. The number of halogens is 3. The Balaban J connectivity index is 2.36. The molecule has 2 rings (SSSR count). The van der Waals surface area contributed by atoms with Crippen molar-refractivity contribution in [3.05, 3.63) is 11.9 Å². The third kappa shape index (κ3) is 3.53. The lowest BCUT2D eigenvalue weighted by atomic mass is 10.3. The lowest BCUT2D eigenvalue weighted by Gasteiger charge is -2.22. The van der Waals surface area contributed by atoms with E-state index in [1.165, 1.54) is 13.1 Å². The van der Waals surface area contributed by atoms with Crippen molar-refractivity contribution < 1.29 is 18.0 Å². The van der Waals surface area contributed by atoms with Crippen molar-refractivity contribution in [2.45, 2.75) is 12.6 Å². The van der Waals surface area contributed by atoms with Gasteiger partial charge in [-0.05, 0) is 6.42 Å². The maximum absolute atomic E-state index is 12.8. The summed E-state index contributed by atoms with van der Waals surface area (Å²) in [5, 5.41) is 2.58. The number of nitrogens with one attached hydrogen (secondary N) is 1. The maximum atomic E-state index is 12.8. The van der Waals surface area contributed by atoms with Crippen LogP contribution in [0.1, 0.15) is 12.2 Å². The zero-order valence-electron chi connectivity index (χ0n) is 11.7. The summed E-state index contributed by atoms with van der Waals surface area (Å²) in [6.45, 7) is 1.05. The van der Waals surface area contributed by atoms with Crippen molar-refractivity contribution in [2.24, 2.45) is 0 Å². The first-order valence-electron chi connectivity index (χ1n) is 6.44. The lowest BCUT2D eigenvalue weighted by molar-refractivity contribution is -0.144. The minimum Gasteiger partial charge on any atom is -0.373 e. The monoisotopic (exact) mass is 303 g/mol. The highest BCUT2D eigenvalue weighted by atomic mass is 19.4. The summed E-state index contributed by atoms with van der Waals surface area (Å²) in [6.07, 6.45) is -3.96. The average Bonchev–Trinajstić information content (AvgIpc) is 2.60. The van der Waals surface area contributed by atoms with E-state index in [-0.39, 0.29) is 24.1 Å². The van der Waals surface area contributed by atoms with Crippen LogP contribution in [0, 0.1) is 0 Å². The van der Waals surface area contributed by atoms with Gasteiger partial charge in [0.1, 0.15) is 11.6 Å². The van der Waals surface area contributed by atoms with Gasteiger partial charge in [0.2, 0.25) is 11.7 Å². The highest BCUT2D eigenvalue weighted by Gasteiger charge is 2.36. The van der Waals surface area contributed by atoms with Crippen molar-refractivity contribution in [2.75, 3.05) is 43.9 Å². The molecule has 1 fully saturated rings. The zero-order valence-corrected chi connectivity index (χ0v) is 11.7. The van der Waals surface area contributed by atoms with Crippen LogP contribution in [0.3, 0.4) is 0 Å². The Labute approximate surface area is 120 Å². The van der Waals surface area contributed by atoms with E-state index in [2.05, 4.69) is 15.3 Å². The van der Waals surface area contributed by atoms with Gasteiger partial charge in [0.05, 0.1) is 6.54 Å². The van der Waals surface area contributed by atoms with Crippen LogP contribution in [0.5, 0.6) is 0 Å². The predicted molar refractivity (Wildman–Crippen MR) is 71.0 cm³/mol. The Hall–Kier alpha value is -2.06. The van der Waals surface area contributed by atoms with E-state index in [1.54, 1.807) is 16.8 Å². The van der Waals surface area contributed by atoms with Gasteiger partial charge < -0.3 is 15.1 Å². The van der Waals surface area contributed by atoms with Gasteiger partial charge in [-0.3, -0.25) is 4.79 Å². The van der Waals surface area contributed by atoms with E-state index in [0.717, 1.165) is 0 Å². The molecule has 1 aromatic heterocycles. The van der Waals surface area contributed by atoms with Crippen LogP contribution in [-0.2, 0) is 11.0 Å². The normalized spacial score (nSPS) is 16.9. The lowest BCUT2D eigenvalue weighted by Crippen LogP contribution is -2.35. The van der Waals surface area contributed by atoms with Crippen molar-refractivity contribution in [1.29, 1.82) is 0 Å². The Morgan fingerprint density at radius 1 is 1.29 bits per heavy atom. The van der Waals surface area contributed by atoms with Crippen LogP contribution >= 0.6 is 0 Å². The maximum Gasteiger partial charge on any atom is 0.451 e. The first kappa shape index (κ1) is 15.3. The molecule has 0 saturated carbocycles. The summed E-state index contributed by atoms with van der Waals surface area (Å²) < 4.78 is 38.5. The summed E-state index contributed by atoms with van der Waals surface area (Å²) in [6, 6.07) is 1.41. The summed E-state index contributed by atoms with van der Waals surface area (Å²) in [5.74, 6) is -1.19. The second-order valence-electron chi connectivity index (χ2n) is 4.77. The Kier molecular flexibility index (Phi) is 4.19. The molecular weight excluding hydrogens is 287 g/mol. The molecule has 0 atom stereocenters. The average molecular weight is 303 g/mol. The first-order chi connectivity index (χ1) is 9.81. The first-order valence-corrected chi connectivity index (χ1v) is 6.44. The molecule has 0 bridgehead atoms. The molecule has 2 heterocycles. The standard InChI is InChI=1S/C12H16F3N5O/c1-16-8-6-9(18-11(17-8)12(13,14)15)20-5-3-4-19(2)10(21)7-20/h6H,3-5,7H2,1-2H3,(H,16,17,18). The Morgan fingerprint density at radius 2 is 2.00 bits per heavy atom. The molecule has 1 aliphatic heterocycles. The number of carbonyl (C=O) groups excluding carboxylic acids is 1. The molecule has 9 heteroatoms. The fourth-order valence-corrected chi connectivity index (χ4v) is 2.03. The fraction of sp³-hybridized carbons (Fsp3) is 0.583. The zero-order chi connectivity index (χ0) is 15.6. The van der Waals surface area contributed by atoms with Crippen molar-refractivity contribution >= 4 is 17.5 Å². The molecule has 1 N–H and O–H groups in total. The summed E-state index contributed by atoms with van der Waals surface area (Å²) >= 11 is 0. The smallest absolute Gasteiger partial charge is 0.373 e. The van der Waals surface area contributed by atoms with E-state index >= 15 is 0 Å². The highest BCUT2D eigenvalue weighted by molar-refractivity contribution is 5.81. The van der Waals surface area contributed by atoms with Crippen LogP contribution in [-0.4, -0.2) is 54.5 Å². The number of alkyl halides is 3. The quantitative estimate of drug-likeness (QED) is 0.890. The SMILES string of the molecule is CNc1cc(N2CCCN(C)C(=O)C2)nc(C(F)(F)F)n1. The molecule has 1 aliphatic rings. The Morgan fingerprint density at radius 3 is 2.62 bits per heavy atom. The minimum absolute atomic E-state index is 0.00790. The number of carbonyl (C=O) groups is 1. The molecule has 1 amide bonds. The molecule has 6 nitrogen and oxygen atoms in total. The second-order valence-corrected chi connectivity index (χ2v) is 4.77. The van der Waals surface area contributed by atoms with Crippen LogP contribution in [0.4, 0.5) is 24.8 Å². The van der Waals surface area contributed by atoms with E-state index in [9.17, 15) is 18.0 Å². The van der Waals surface area contributed by atoms with Crippen molar-refractivity contribution in [3.8, 4) is 0 Å². The van der Waals surface area contributed by atoms with Crippen LogP contribution < -0.4 is 10.2 Å². The molecule has 0 aliphatic carbocycles. The van der Waals surface area contributed by atoms with Crippen LogP contribution in [0.15, 0.2) is 6.07 Å². The summed E-state index contributed by atoms with van der Waals surface area (Å²) in [4.78, 5) is 21.9. The van der Waals surface area contributed by atoms with Gasteiger partial charge in [0.15, 0.2) is 0 Å². The third-order valence-electron chi connectivity index (χ3n) is 3.22. The van der Waals surface area contributed by atoms with Gasteiger partial charge in [-0.1, -0.05) is 0 Å². The molecule has 1 saturated heterocycles. The number of hydrogen-bond acceptors (Lipinski definition) is 5. The van der Waals surface area contributed by atoms with Gasteiger partial charge in [0, 0.05) is 33.3 Å². The number of likely N-dealkylation sites (N-methyl/N-ethyl adjacent to an activating group) is 1. The number of aromatic nitrogens is 2. The number of anilines is 2. The summed E-state index contributed by atoms with van der Waals surface area (Å²) in [5.41, 5.74) is 0.